The number of aryl methyl sites for hydroxylation is 1. The average Bonchev–Trinajstić information content (AvgIpc) is 3.23. The summed E-state index contributed by atoms with van der Waals surface area (Å²) in [5.41, 5.74) is 1.53. The number of ether oxygens (including phenoxy) is 4. The van der Waals surface area contributed by atoms with Crippen LogP contribution in [-0.2, 0) is 11.8 Å². The summed E-state index contributed by atoms with van der Waals surface area (Å²) >= 11 is 0. The predicted octanol–water partition coefficient (Wildman–Crippen LogP) is 4.44. The molecule has 0 bridgehead atoms. The molecule has 0 radical (unpaired) electrons. The maximum absolute atomic E-state index is 13.8. The van der Waals surface area contributed by atoms with E-state index in [4.69, 9.17) is 18.9 Å². The van der Waals surface area contributed by atoms with Crippen molar-refractivity contribution in [2.75, 3.05) is 6.61 Å². The Balaban J connectivity index is 1.61. The maximum atomic E-state index is 13.8. The first-order valence-electron chi connectivity index (χ1n) is 9.86. The second-order valence-electron chi connectivity index (χ2n) is 7.20. The molecule has 1 aromatic heterocycles. The van der Waals surface area contributed by atoms with Crippen LogP contribution in [0.3, 0.4) is 0 Å². The molecular weight excluding hydrogens is 445 g/mol. The second-order valence-corrected chi connectivity index (χ2v) is 7.20. The van der Waals surface area contributed by atoms with Crippen LogP contribution in [0.15, 0.2) is 42.5 Å². The number of esters is 1. The lowest BCUT2D eigenvalue weighted by atomic mass is 10.1. The minimum atomic E-state index is -5.12. The lowest BCUT2D eigenvalue weighted by Crippen LogP contribution is -2.65. The Hall–Kier alpha value is -3.89. The van der Waals surface area contributed by atoms with E-state index in [0.29, 0.717) is 16.6 Å². The molecule has 0 saturated heterocycles. The van der Waals surface area contributed by atoms with Crippen molar-refractivity contribution >= 4 is 23.0 Å². The van der Waals surface area contributed by atoms with E-state index in [1.165, 1.54) is 36.4 Å². The predicted molar refractivity (Wildman–Crippen MR) is 109 cm³/mol. The molecule has 0 aliphatic carbocycles. The van der Waals surface area contributed by atoms with E-state index >= 15 is 0 Å². The van der Waals surface area contributed by atoms with E-state index in [9.17, 15) is 22.8 Å². The Morgan fingerprint density at radius 3 is 2.33 bits per heavy atom. The minimum absolute atomic E-state index is 0.0935. The third kappa shape index (κ3) is 3.79. The molecule has 4 rings (SSSR count). The topological polar surface area (TPSA) is 88.0 Å². The number of benzene rings is 2. The van der Waals surface area contributed by atoms with Crippen molar-refractivity contribution in [1.29, 1.82) is 0 Å². The van der Waals surface area contributed by atoms with Crippen LogP contribution < -0.4 is 19.5 Å². The van der Waals surface area contributed by atoms with E-state index in [1.54, 1.807) is 36.8 Å². The molecule has 0 atom stereocenters. The number of carbonyl (C=O) groups excluding carboxylic acids is 2. The lowest BCUT2D eigenvalue weighted by molar-refractivity contribution is -0.318. The first-order chi connectivity index (χ1) is 15.6. The molecule has 0 fully saturated rings. The monoisotopic (exact) mass is 464 g/mol. The first kappa shape index (κ1) is 22.3. The number of nitrogens with zero attached hydrogens (tertiary/aromatic N) is 1. The number of rotatable bonds is 4. The van der Waals surface area contributed by atoms with E-state index in [1.807, 2.05) is 0 Å². The Kier molecular flexibility index (Phi) is 5.35. The second kappa shape index (κ2) is 7.91. The number of alkyl halides is 3. The highest BCUT2D eigenvalue weighted by Gasteiger charge is 2.66. The highest BCUT2D eigenvalue weighted by molar-refractivity contribution is 6.06. The van der Waals surface area contributed by atoms with Crippen LogP contribution in [0.1, 0.15) is 23.0 Å². The summed E-state index contributed by atoms with van der Waals surface area (Å²) in [5.74, 6) is -4.48. The van der Waals surface area contributed by atoms with Crippen LogP contribution in [0, 0.1) is 6.92 Å². The van der Waals surface area contributed by atoms with E-state index in [0.717, 1.165) is 0 Å². The van der Waals surface area contributed by atoms with Crippen LogP contribution >= 0.6 is 0 Å². The molecule has 11 heteroatoms. The lowest BCUT2D eigenvalue weighted by Gasteiger charge is -2.29. The number of amides is 1. The Morgan fingerprint density at radius 1 is 1.12 bits per heavy atom. The largest absolute Gasteiger partial charge is 0.492 e. The smallest absolute Gasteiger partial charge is 0.462 e. The first-order valence-corrected chi connectivity index (χ1v) is 9.86. The van der Waals surface area contributed by atoms with E-state index in [2.05, 4.69) is 0 Å². The number of hydrogen-bond acceptors (Lipinski definition) is 6. The van der Waals surface area contributed by atoms with Crippen molar-refractivity contribution in [2.45, 2.75) is 25.9 Å². The van der Waals surface area contributed by atoms with Gasteiger partial charge in [0.2, 0.25) is 0 Å². The van der Waals surface area contributed by atoms with Crippen LogP contribution in [0.25, 0.3) is 10.9 Å². The van der Waals surface area contributed by atoms with Gasteiger partial charge in [-0.2, -0.15) is 13.2 Å². The van der Waals surface area contributed by atoms with Gasteiger partial charge in [-0.05, 0) is 44.2 Å². The molecular formula is C22H19F3N2O6. The summed E-state index contributed by atoms with van der Waals surface area (Å²) < 4.78 is 63.1. The minimum Gasteiger partial charge on any atom is -0.462 e. The fourth-order valence-electron chi connectivity index (χ4n) is 3.53. The molecule has 1 aliphatic heterocycles. The van der Waals surface area contributed by atoms with Gasteiger partial charge in [-0.1, -0.05) is 12.1 Å². The summed E-state index contributed by atoms with van der Waals surface area (Å²) in [7, 11) is 1.74. The molecule has 8 nitrogen and oxygen atoms in total. The molecule has 1 N–H and O–H groups in total. The summed E-state index contributed by atoms with van der Waals surface area (Å²) in [6.07, 6.45) is -6.59. The van der Waals surface area contributed by atoms with Gasteiger partial charge in [0.15, 0.2) is 11.5 Å². The molecule has 0 saturated carbocycles. The molecule has 1 amide bonds. The number of para-hydroxylation sites is 2. The highest BCUT2D eigenvalue weighted by Crippen LogP contribution is 2.45. The average molecular weight is 464 g/mol. The molecule has 174 valence electrons. The van der Waals surface area contributed by atoms with Crippen molar-refractivity contribution in [3.63, 3.8) is 0 Å². The van der Waals surface area contributed by atoms with Gasteiger partial charge >= 0.3 is 24.1 Å². The van der Waals surface area contributed by atoms with Crippen molar-refractivity contribution in [3.05, 3.63) is 53.7 Å². The van der Waals surface area contributed by atoms with Gasteiger partial charge < -0.3 is 23.5 Å². The van der Waals surface area contributed by atoms with Gasteiger partial charge in [0.1, 0.15) is 5.75 Å². The summed E-state index contributed by atoms with van der Waals surface area (Å²) in [4.78, 5) is 24.8. The summed E-state index contributed by atoms with van der Waals surface area (Å²) in [6, 6.07) is 9.82. The SMILES string of the molecule is CCOC(=O)c1c(C)n(C)c2ccc(OC(=O)NC3(C(F)(F)F)Oc4ccccc4O3)cc12. The standard InChI is InChI=1S/C22H19F3N2O6/c1-4-30-19(28)18-12(2)27(3)15-10-9-13(11-14(15)18)31-20(29)26-22(21(23,24)25)32-16-7-5-6-8-17(16)33-22/h5-11H,4H2,1-3H3,(H,26,29). The van der Waals surface area contributed by atoms with Gasteiger partial charge in [-0.25, -0.2) is 14.9 Å². The zero-order valence-corrected chi connectivity index (χ0v) is 17.8. The van der Waals surface area contributed by atoms with Crippen molar-refractivity contribution < 1.29 is 41.7 Å². The van der Waals surface area contributed by atoms with Gasteiger partial charge in [0.05, 0.1) is 12.2 Å². The zero-order valence-electron chi connectivity index (χ0n) is 17.8. The fourth-order valence-corrected chi connectivity index (χ4v) is 3.53. The van der Waals surface area contributed by atoms with Gasteiger partial charge in [0.25, 0.3) is 0 Å². The van der Waals surface area contributed by atoms with Crippen LogP contribution in [0.5, 0.6) is 17.2 Å². The van der Waals surface area contributed by atoms with Crippen LogP contribution in [0.4, 0.5) is 18.0 Å². The molecule has 0 spiro atoms. The van der Waals surface area contributed by atoms with Crippen molar-refractivity contribution in [3.8, 4) is 17.2 Å². The zero-order chi connectivity index (χ0) is 24.0. The summed E-state index contributed by atoms with van der Waals surface area (Å²) in [6.45, 7) is 3.55. The number of aromatic nitrogens is 1. The fraction of sp³-hybridized carbons (Fsp3) is 0.273. The van der Waals surface area contributed by atoms with E-state index in [-0.39, 0.29) is 29.4 Å². The summed E-state index contributed by atoms with van der Waals surface area (Å²) in [5, 5.41) is 2.04. The molecule has 0 unspecified atom stereocenters. The maximum Gasteiger partial charge on any atom is 0.492 e. The number of halogens is 3. The number of fused-ring (bicyclic) bond motifs is 2. The van der Waals surface area contributed by atoms with Gasteiger partial charge in [-0.3, -0.25) is 0 Å². The molecule has 2 heterocycles. The van der Waals surface area contributed by atoms with Gasteiger partial charge in [-0.15, -0.1) is 0 Å². The Bertz CT molecular complexity index is 1230. The Labute approximate surface area is 185 Å². The van der Waals surface area contributed by atoms with Crippen LogP contribution in [0.2, 0.25) is 0 Å². The highest BCUT2D eigenvalue weighted by atomic mass is 19.4. The molecule has 1 aliphatic rings. The van der Waals surface area contributed by atoms with Gasteiger partial charge in [0, 0.05) is 23.6 Å². The van der Waals surface area contributed by atoms with E-state index < -0.39 is 24.1 Å². The Morgan fingerprint density at radius 2 is 1.76 bits per heavy atom. The van der Waals surface area contributed by atoms with Crippen LogP contribution in [-0.4, -0.2) is 35.3 Å². The molecule has 2 aromatic carbocycles. The quantitative estimate of drug-likeness (QED) is 0.575. The number of carbonyl (C=O) groups is 2. The third-order valence-electron chi connectivity index (χ3n) is 5.15. The number of hydrogen-bond donors (Lipinski definition) is 1. The normalized spacial score (nSPS) is 14.2. The third-order valence-corrected chi connectivity index (χ3v) is 5.15. The molecule has 3 aromatic rings. The van der Waals surface area contributed by atoms with Crippen molar-refractivity contribution in [1.82, 2.24) is 9.88 Å². The number of nitrogens with one attached hydrogen (secondary N) is 1. The van der Waals surface area contributed by atoms with Crippen molar-refractivity contribution in [2.24, 2.45) is 7.05 Å². The molecule has 33 heavy (non-hydrogen) atoms.